The van der Waals surface area contributed by atoms with E-state index < -0.39 is 29.6 Å². The third-order valence-corrected chi connectivity index (χ3v) is 9.51. The molecule has 210 valence electrons. The first kappa shape index (κ1) is 26.7. The lowest BCUT2D eigenvalue weighted by atomic mass is 9.73. The van der Waals surface area contributed by atoms with E-state index in [4.69, 9.17) is 4.74 Å². The van der Waals surface area contributed by atoms with E-state index >= 15 is 0 Å². The van der Waals surface area contributed by atoms with Crippen LogP contribution < -0.4 is 10.6 Å². The van der Waals surface area contributed by atoms with Gasteiger partial charge >= 0.3 is 0 Å². The minimum Gasteiger partial charge on any atom is -0.359 e. The van der Waals surface area contributed by atoms with Crippen molar-refractivity contribution in [1.29, 1.82) is 0 Å². The zero-order valence-electron chi connectivity index (χ0n) is 23.1. The normalized spacial score (nSPS) is 34.1. The molecule has 0 radical (unpaired) electrons. The third-order valence-electron chi connectivity index (χ3n) is 9.51. The molecule has 2 saturated heterocycles. The van der Waals surface area contributed by atoms with E-state index in [1.54, 1.807) is 12.1 Å². The zero-order chi connectivity index (χ0) is 28.2. The van der Waals surface area contributed by atoms with Crippen LogP contribution in [0.5, 0.6) is 0 Å². The van der Waals surface area contributed by atoms with Gasteiger partial charge in [-0.3, -0.25) is 14.4 Å². The van der Waals surface area contributed by atoms with Crippen molar-refractivity contribution in [3.63, 3.8) is 0 Å². The molecule has 3 amide bonds. The SMILES string of the molecule is Cc1cccc(NC(=O)[C@H]2[C@H]3C=C[C@@]4(O3)[C@H]2C(=O)N(Cc2ccc(F)cc2)[C@@H]4C(=O)N[C@@H]2CCC[C@H](C)[C@@H]2C)c1. The van der Waals surface area contributed by atoms with Crippen LogP contribution in [0.2, 0.25) is 0 Å². The summed E-state index contributed by atoms with van der Waals surface area (Å²) in [5.74, 6) is -2.08. The Balaban J connectivity index is 1.33. The van der Waals surface area contributed by atoms with Crippen molar-refractivity contribution in [2.24, 2.45) is 23.7 Å². The maximum absolute atomic E-state index is 14.2. The van der Waals surface area contributed by atoms with Crippen LogP contribution in [0, 0.1) is 36.4 Å². The Bertz CT molecular complexity index is 1360. The quantitative estimate of drug-likeness (QED) is 0.528. The molecule has 1 saturated carbocycles. The molecule has 2 N–H and O–H groups in total. The number of hydrogen-bond acceptors (Lipinski definition) is 4. The lowest BCUT2D eigenvalue weighted by Gasteiger charge is -2.38. The van der Waals surface area contributed by atoms with E-state index in [9.17, 15) is 18.8 Å². The van der Waals surface area contributed by atoms with E-state index in [2.05, 4.69) is 24.5 Å². The Morgan fingerprint density at radius 2 is 1.88 bits per heavy atom. The summed E-state index contributed by atoms with van der Waals surface area (Å²) in [6.45, 7) is 6.42. The number of nitrogens with one attached hydrogen (secondary N) is 2. The van der Waals surface area contributed by atoms with Gasteiger partial charge in [0.1, 0.15) is 17.5 Å². The second-order valence-electron chi connectivity index (χ2n) is 12.0. The minimum absolute atomic E-state index is 0.00234. The Labute approximate surface area is 234 Å². The summed E-state index contributed by atoms with van der Waals surface area (Å²) in [5, 5.41) is 6.22. The molecule has 40 heavy (non-hydrogen) atoms. The molecule has 3 fully saturated rings. The summed E-state index contributed by atoms with van der Waals surface area (Å²) < 4.78 is 20.1. The number of ether oxygens (including phenoxy) is 1. The number of halogens is 1. The number of carbonyl (C=O) groups is 3. The van der Waals surface area contributed by atoms with Gasteiger partial charge < -0.3 is 20.3 Å². The van der Waals surface area contributed by atoms with Gasteiger partial charge in [-0.2, -0.15) is 0 Å². The first-order valence-corrected chi connectivity index (χ1v) is 14.3. The fourth-order valence-electron chi connectivity index (χ4n) is 7.22. The molecular weight excluding hydrogens is 509 g/mol. The van der Waals surface area contributed by atoms with Gasteiger partial charge in [-0.05, 0) is 60.6 Å². The number of rotatable bonds is 6. The maximum atomic E-state index is 14.2. The molecule has 0 aromatic heterocycles. The number of aryl methyl sites for hydroxylation is 1. The van der Waals surface area contributed by atoms with Crippen molar-refractivity contribution >= 4 is 23.4 Å². The number of hydrogen-bond donors (Lipinski definition) is 2. The van der Waals surface area contributed by atoms with Crippen molar-refractivity contribution in [2.75, 3.05) is 5.32 Å². The smallest absolute Gasteiger partial charge is 0.246 e. The predicted octanol–water partition coefficient (Wildman–Crippen LogP) is 4.36. The van der Waals surface area contributed by atoms with Crippen LogP contribution in [-0.2, 0) is 25.7 Å². The maximum Gasteiger partial charge on any atom is 0.246 e. The van der Waals surface area contributed by atoms with Crippen LogP contribution >= 0.6 is 0 Å². The molecular formula is C32H36FN3O4. The molecule has 0 unspecified atom stereocenters. The van der Waals surface area contributed by atoms with Crippen molar-refractivity contribution in [2.45, 2.75) is 70.4 Å². The van der Waals surface area contributed by atoms with Gasteiger partial charge in [0.2, 0.25) is 17.7 Å². The van der Waals surface area contributed by atoms with Crippen LogP contribution in [0.4, 0.5) is 10.1 Å². The summed E-state index contributed by atoms with van der Waals surface area (Å²) in [6.07, 6.45) is 6.08. The van der Waals surface area contributed by atoms with Crippen LogP contribution in [0.3, 0.4) is 0 Å². The van der Waals surface area contributed by atoms with E-state index in [0.717, 1.165) is 24.8 Å². The highest BCUT2D eigenvalue weighted by atomic mass is 19.1. The molecule has 4 aliphatic rings. The monoisotopic (exact) mass is 545 g/mol. The second kappa shape index (κ2) is 10.1. The minimum atomic E-state index is -1.25. The summed E-state index contributed by atoms with van der Waals surface area (Å²) in [7, 11) is 0. The van der Waals surface area contributed by atoms with Gasteiger partial charge in [0, 0.05) is 18.3 Å². The lowest BCUT2D eigenvalue weighted by molar-refractivity contribution is -0.142. The highest BCUT2D eigenvalue weighted by Gasteiger charge is 2.72. The van der Waals surface area contributed by atoms with Crippen molar-refractivity contribution in [3.8, 4) is 0 Å². The summed E-state index contributed by atoms with van der Waals surface area (Å²) >= 11 is 0. The molecule has 1 spiro atoms. The third kappa shape index (κ3) is 4.42. The van der Waals surface area contributed by atoms with Gasteiger partial charge in [-0.25, -0.2) is 4.39 Å². The Hall–Kier alpha value is -3.52. The standard InChI is InChI=1S/C32H36FN3O4/c1-18-6-4-8-23(16-18)34-29(37)26-25-14-15-32(40-25)27(26)31(39)36(17-21-10-12-22(33)13-11-21)28(32)30(38)35-24-9-5-7-19(2)20(24)3/h4,6,8,10-16,19-20,24-28H,5,7,9,17H2,1-3H3,(H,34,37)(H,35,38)/t19-,20-,24+,25+,26-,27+,28+,32+/m0/s1. The first-order chi connectivity index (χ1) is 19.2. The van der Waals surface area contributed by atoms with Gasteiger partial charge in [0.15, 0.2) is 0 Å². The topological polar surface area (TPSA) is 87.7 Å². The average molecular weight is 546 g/mol. The number of nitrogens with zero attached hydrogens (tertiary/aromatic N) is 1. The van der Waals surface area contributed by atoms with Crippen molar-refractivity contribution in [1.82, 2.24) is 10.2 Å². The van der Waals surface area contributed by atoms with Gasteiger partial charge in [-0.1, -0.05) is 63.1 Å². The molecule has 8 heteroatoms. The number of fused-ring (bicyclic) bond motifs is 1. The first-order valence-electron chi connectivity index (χ1n) is 14.3. The predicted molar refractivity (Wildman–Crippen MR) is 148 cm³/mol. The molecule has 2 aromatic carbocycles. The van der Waals surface area contributed by atoms with Gasteiger partial charge in [0.05, 0.1) is 17.9 Å². The molecule has 3 aliphatic heterocycles. The molecule has 2 bridgehead atoms. The Kier molecular flexibility index (Phi) is 6.77. The van der Waals surface area contributed by atoms with E-state index in [1.165, 1.54) is 17.0 Å². The van der Waals surface area contributed by atoms with Crippen LogP contribution in [0.25, 0.3) is 0 Å². The van der Waals surface area contributed by atoms with Crippen LogP contribution in [0.15, 0.2) is 60.7 Å². The lowest BCUT2D eigenvalue weighted by Crippen LogP contribution is -2.57. The summed E-state index contributed by atoms with van der Waals surface area (Å²) in [4.78, 5) is 43.5. The van der Waals surface area contributed by atoms with E-state index in [-0.39, 0.29) is 36.1 Å². The average Bonchev–Trinajstić information content (AvgIpc) is 3.55. The number of anilines is 1. The van der Waals surface area contributed by atoms with Crippen molar-refractivity contribution < 1.29 is 23.5 Å². The zero-order valence-corrected chi connectivity index (χ0v) is 23.1. The molecule has 7 nitrogen and oxygen atoms in total. The molecule has 6 rings (SSSR count). The molecule has 2 aromatic rings. The Morgan fingerprint density at radius 1 is 1.10 bits per heavy atom. The highest BCUT2D eigenvalue weighted by molar-refractivity contribution is 6.02. The van der Waals surface area contributed by atoms with Crippen LogP contribution in [-0.4, -0.2) is 46.4 Å². The van der Waals surface area contributed by atoms with Gasteiger partial charge in [-0.15, -0.1) is 0 Å². The molecule has 1 aliphatic carbocycles. The second-order valence-corrected chi connectivity index (χ2v) is 12.0. The molecule has 8 atom stereocenters. The van der Waals surface area contributed by atoms with E-state index in [0.29, 0.717) is 23.1 Å². The van der Waals surface area contributed by atoms with Crippen LogP contribution in [0.1, 0.15) is 44.2 Å². The summed E-state index contributed by atoms with van der Waals surface area (Å²) in [5.41, 5.74) is 1.10. The fourth-order valence-corrected chi connectivity index (χ4v) is 7.22. The van der Waals surface area contributed by atoms with E-state index in [1.807, 2.05) is 43.3 Å². The number of carbonyl (C=O) groups excluding carboxylic acids is 3. The van der Waals surface area contributed by atoms with Crippen molar-refractivity contribution in [3.05, 3.63) is 77.6 Å². The Morgan fingerprint density at radius 3 is 2.62 bits per heavy atom. The van der Waals surface area contributed by atoms with Gasteiger partial charge in [0.25, 0.3) is 0 Å². The highest BCUT2D eigenvalue weighted by Crippen LogP contribution is 2.55. The number of likely N-dealkylation sites (tertiary alicyclic amines) is 1. The fraction of sp³-hybridized carbons (Fsp3) is 0.469. The number of amides is 3. The number of benzene rings is 2. The summed E-state index contributed by atoms with van der Waals surface area (Å²) in [6, 6.07) is 12.5. The largest absolute Gasteiger partial charge is 0.359 e. The molecule has 3 heterocycles.